The molecule has 0 radical (unpaired) electrons. The van der Waals surface area contributed by atoms with Crippen LogP contribution in [0, 0.1) is 0 Å². The molecule has 0 saturated heterocycles. The van der Waals surface area contributed by atoms with Gasteiger partial charge >= 0.3 is 0 Å². The molecule has 0 aliphatic rings. The first-order chi connectivity index (χ1) is 10.0. The zero-order valence-electron chi connectivity index (χ0n) is 13.7. The molecule has 0 aliphatic heterocycles. The van der Waals surface area contributed by atoms with Crippen LogP contribution in [0.15, 0.2) is 0 Å². The molecule has 21 heavy (non-hydrogen) atoms. The van der Waals surface area contributed by atoms with E-state index in [1.807, 2.05) is 4.90 Å². The smallest absolute Gasteiger partial charge is 0.231 e. The van der Waals surface area contributed by atoms with Gasteiger partial charge in [0.05, 0.1) is 0 Å². The Morgan fingerprint density at radius 1 is 1.00 bits per heavy atom. The van der Waals surface area contributed by atoms with Crippen LogP contribution in [-0.2, 0) is 0 Å². The van der Waals surface area contributed by atoms with Gasteiger partial charge in [0.2, 0.25) is 17.2 Å². The molecule has 1 rings (SSSR count). The van der Waals surface area contributed by atoms with Crippen LogP contribution in [0.1, 0.15) is 34.6 Å². The molecule has 6 nitrogen and oxygen atoms in total. The summed E-state index contributed by atoms with van der Waals surface area (Å²) in [5.41, 5.74) is 0. The highest BCUT2D eigenvalue weighted by molar-refractivity contribution is 6.28. The largest absolute Gasteiger partial charge is 0.350 e. The summed E-state index contributed by atoms with van der Waals surface area (Å²) >= 11 is 6.01. The lowest BCUT2D eigenvalue weighted by molar-refractivity contribution is 0.294. The lowest BCUT2D eigenvalue weighted by Gasteiger charge is -2.24. The third-order valence-corrected chi connectivity index (χ3v) is 3.61. The van der Waals surface area contributed by atoms with Gasteiger partial charge in [-0.25, -0.2) is 0 Å². The monoisotopic (exact) mass is 314 g/mol. The molecule has 0 amide bonds. The lowest BCUT2D eigenvalue weighted by Crippen LogP contribution is -2.35. The molecular weight excluding hydrogens is 288 g/mol. The number of anilines is 2. The first-order valence-corrected chi connectivity index (χ1v) is 8.07. The maximum Gasteiger partial charge on any atom is 0.231 e. The van der Waals surface area contributed by atoms with E-state index >= 15 is 0 Å². The molecule has 120 valence electrons. The molecule has 0 fully saturated rings. The van der Waals surface area contributed by atoms with Crippen molar-refractivity contribution in [1.29, 1.82) is 0 Å². The molecule has 1 unspecified atom stereocenters. The Labute approximate surface area is 132 Å². The van der Waals surface area contributed by atoms with Crippen LogP contribution in [0.25, 0.3) is 0 Å². The SMILES string of the molecule is CCN(CC)CC(C)Nc1nc(Cl)nc(N(CC)CC)n1. The number of halogens is 1. The molecule has 1 atom stereocenters. The first-order valence-electron chi connectivity index (χ1n) is 7.69. The van der Waals surface area contributed by atoms with Crippen molar-refractivity contribution in [2.45, 2.75) is 40.7 Å². The molecule has 0 saturated carbocycles. The Morgan fingerprint density at radius 2 is 1.62 bits per heavy atom. The zero-order chi connectivity index (χ0) is 15.8. The molecule has 0 spiro atoms. The molecule has 0 bridgehead atoms. The van der Waals surface area contributed by atoms with Gasteiger partial charge in [-0.05, 0) is 45.5 Å². The summed E-state index contributed by atoms with van der Waals surface area (Å²) in [5.74, 6) is 1.16. The van der Waals surface area contributed by atoms with E-state index in [2.05, 4.69) is 59.8 Å². The van der Waals surface area contributed by atoms with Crippen molar-refractivity contribution in [2.75, 3.05) is 42.9 Å². The number of nitrogens with one attached hydrogen (secondary N) is 1. The second-order valence-electron chi connectivity index (χ2n) is 4.93. The Kier molecular flexibility index (Phi) is 7.67. The molecule has 1 aromatic heterocycles. The highest BCUT2D eigenvalue weighted by Gasteiger charge is 2.13. The summed E-state index contributed by atoms with van der Waals surface area (Å²) in [6, 6.07) is 0.243. The summed E-state index contributed by atoms with van der Waals surface area (Å²) in [6.07, 6.45) is 0. The van der Waals surface area contributed by atoms with Gasteiger partial charge in [0.15, 0.2) is 0 Å². The summed E-state index contributed by atoms with van der Waals surface area (Å²) in [6.45, 7) is 15.3. The van der Waals surface area contributed by atoms with E-state index in [-0.39, 0.29) is 11.3 Å². The minimum absolute atomic E-state index is 0.226. The summed E-state index contributed by atoms with van der Waals surface area (Å²) in [7, 11) is 0. The van der Waals surface area contributed by atoms with Crippen LogP contribution in [0.5, 0.6) is 0 Å². The molecule has 1 aromatic rings. The van der Waals surface area contributed by atoms with Gasteiger partial charge in [-0.3, -0.25) is 0 Å². The van der Waals surface area contributed by atoms with E-state index in [9.17, 15) is 0 Å². The maximum atomic E-state index is 6.01. The third kappa shape index (κ3) is 5.63. The van der Waals surface area contributed by atoms with Crippen molar-refractivity contribution in [3.05, 3.63) is 5.28 Å². The standard InChI is InChI=1S/C14H27ClN6/c1-6-20(7-2)10-11(5)16-13-17-12(15)18-14(19-13)21(8-3)9-4/h11H,6-10H2,1-5H3,(H,16,17,18,19). The maximum absolute atomic E-state index is 6.01. The van der Waals surface area contributed by atoms with Crippen LogP contribution < -0.4 is 10.2 Å². The number of likely N-dealkylation sites (N-methyl/N-ethyl adjacent to an activating group) is 1. The molecular formula is C14H27ClN6. The van der Waals surface area contributed by atoms with Gasteiger partial charge in [0.25, 0.3) is 0 Å². The summed E-state index contributed by atoms with van der Waals surface area (Å²) < 4.78 is 0. The molecule has 1 heterocycles. The Morgan fingerprint density at radius 3 is 2.14 bits per heavy atom. The average molecular weight is 315 g/mol. The van der Waals surface area contributed by atoms with Crippen LogP contribution in [-0.4, -0.2) is 58.6 Å². The van der Waals surface area contributed by atoms with Crippen molar-refractivity contribution in [2.24, 2.45) is 0 Å². The van der Waals surface area contributed by atoms with Crippen molar-refractivity contribution in [3.63, 3.8) is 0 Å². The number of hydrogen-bond acceptors (Lipinski definition) is 6. The first kappa shape index (κ1) is 17.9. The number of rotatable bonds is 9. The van der Waals surface area contributed by atoms with Crippen LogP contribution in [0.3, 0.4) is 0 Å². The lowest BCUT2D eigenvalue weighted by atomic mass is 10.3. The number of aromatic nitrogens is 3. The topological polar surface area (TPSA) is 57.2 Å². The fourth-order valence-corrected chi connectivity index (χ4v) is 2.34. The van der Waals surface area contributed by atoms with Gasteiger partial charge < -0.3 is 15.1 Å². The van der Waals surface area contributed by atoms with E-state index in [4.69, 9.17) is 11.6 Å². The molecule has 7 heteroatoms. The Hall–Kier alpha value is -1.14. The van der Waals surface area contributed by atoms with E-state index < -0.39 is 0 Å². The third-order valence-electron chi connectivity index (χ3n) is 3.44. The van der Waals surface area contributed by atoms with Gasteiger partial charge in [0.1, 0.15) is 0 Å². The zero-order valence-corrected chi connectivity index (χ0v) is 14.5. The van der Waals surface area contributed by atoms with E-state index in [0.29, 0.717) is 11.9 Å². The number of hydrogen-bond donors (Lipinski definition) is 1. The van der Waals surface area contributed by atoms with Gasteiger partial charge in [0, 0.05) is 25.7 Å². The Bertz CT molecular complexity index is 420. The van der Waals surface area contributed by atoms with Crippen LogP contribution in [0.2, 0.25) is 5.28 Å². The minimum atomic E-state index is 0.226. The predicted molar refractivity (Wildman–Crippen MR) is 89.3 cm³/mol. The fraction of sp³-hybridized carbons (Fsp3) is 0.786. The molecule has 0 aliphatic carbocycles. The minimum Gasteiger partial charge on any atom is -0.350 e. The number of nitrogens with zero attached hydrogens (tertiary/aromatic N) is 5. The van der Waals surface area contributed by atoms with Crippen LogP contribution >= 0.6 is 11.6 Å². The summed E-state index contributed by atoms with van der Waals surface area (Å²) in [4.78, 5) is 17.2. The summed E-state index contributed by atoms with van der Waals surface area (Å²) in [5, 5.41) is 3.54. The van der Waals surface area contributed by atoms with Gasteiger partial charge in [-0.2, -0.15) is 15.0 Å². The van der Waals surface area contributed by atoms with Crippen molar-refractivity contribution < 1.29 is 0 Å². The normalized spacial score (nSPS) is 12.5. The molecule has 0 aromatic carbocycles. The van der Waals surface area contributed by atoms with E-state index in [1.165, 1.54) is 0 Å². The molecule has 1 N–H and O–H groups in total. The Balaban J connectivity index is 2.78. The van der Waals surface area contributed by atoms with Crippen LogP contribution in [0.4, 0.5) is 11.9 Å². The second kappa shape index (κ2) is 9.00. The van der Waals surface area contributed by atoms with Crippen molar-refractivity contribution in [3.8, 4) is 0 Å². The van der Waals surface area contributed by atoms with Gasteiger partial charge in [-0.1, -0.05) is 13.8 Å². The predicted octanol–water partition coefficient (Wildman–Crippen LogP) is 2.51. The van der Waals surface area contributed by atoms with Gasteiger partial charge in [-0.15, -0.1) is 0 Å². The van der Waals surface area contributed by atoms with Crippen molar-refractivity contribution in [1.82, 2.24) is 19.9 Å². The quantitative estimate of drug-likeness (QED) is 0.756. The highest BCUT2D eigenvalue weighted by Crippen LogP contribution is 2.14. The van der Waals surface area contributed by atoms with Crippen molar-refractivity contribution >= 4 is 23.5 Å². The van der Waals surface area contributed by atoms with E-state index in [0.717, 1.165) is 32.7 Å². The highest BCUT2D eigenvalue weighted by atomic mass is 35.5. The second-order valence-corrected chi connectivity index (χ2v) is 5.27. The fourth-order valence-electron chi connectivity index (χ4n) is 2.19. The average Bonchev–Trinajstić information content (AvgIpc) is 2.45. The van der Waals surface area contributed by atoms with E-state index in [1.54, 1.807) is 0 Å².